The van der Waals surface area contributed by atoms with E-state index in [1.807, 2.05) is 17.0 Å². The van der Waals surface area contributed by atoms with Gasteiger partial charge < -0.3 is 19.6 Å². The summed E-state index contributed by atoms with van der Waals surface area (Å²) < 4.78 is 0. The van der Waals surface area contributed by atoms with Crippen molar-refractivity contribution in [1.29, 1.82) is 0 Å². The minimum atomic E-state index is -0.00632. The molecule has 152 valence electrons. The average Bonchev–Trinajstić information content (AvgIpc) is 2.79. The molecule has 29 heavy (non-hydrogen) atoms. The molecule has 4 rings (SSSR count). The van der Waals surface area contributed by atoms with Crippen molar-refractivity contribution in [3.63, 3.8) is 0 Å². The Hall–Kier alpha value is -3.23. The Bertz CT molecular complexity index is 860. The number of anilines is 2. The smallest absolute Gasteiger partial charge is 0.254 e. The molecule has 2 fully saturated rings. The predicted molar refractivity (Wildman–Crippen MR) is 109 cm³/mol. The molecular formula is C20H25N7O2. The van der Waals surface area contributed by atoms with Crippen molar-refractivity contribution >= 4 is 23.6 Å². The van der Waals surface area contributed by atoms with E-state index in [0.29, 0.717) is 31.7 Å². The minimum Gasteiger partial charge on any atom is -0.353 e. The third-order valence-electron chi connectivity index (χ3n) is 5.44. The van der Waals surface area contributed by atoms with Crippen LogP contribution in [0.5, 0.6) is 0 Å². The number of nitrogens with zero attached hydrogens (tertiary/aromatic N) is 7. The van der Waals surface area contributed by atoms with Crippen LogP contribution in [-0.4, -0.2) is 88.9 Å². The van der Waals surface area contributed by atoms with Gasteiger partial charge >= 0.3 is 0 Å². The largest absolute Gasteiger partial charge is 0.353 e. The van der Waals surface area contributed by atoms with Gasteiger partial charge in [-0.2, -0.15) is 0 Å². The number of rotatable bonds is 3. The fraction of sp³-hybridized carbons (Fsp3) is 0.450. The molecule has 2 aromatic rings. The number of hydrogen-bond donors (Lipinski definition) is 0. The van der Waals surface area contributed by atoms with E-state index < -0.39 is 0 Å². The molecular weight excluding hydrogens is 370 g/mol. The topological polar surface area (TPSA) is 85.8 Å². The van der Waals surface area contributed by atoms with Gasteiger partial charge in [-0.05, 0) is 18.2 Å². The lowest BCUT2D eigenvalue weighted by molar-refractivity contribution is -0.130. The maximum Gasteiger partial charge on any atom is 0.254 e. The SMILES string of the molecule is CC(=O)N1CCN(C(=O)c2ccnc(N3CCN(c4ncccn4)CC3)c2)CC1. The fourth-order valence-corrected chi connectivity index (χ4v) is 3.72. The van der Waals surface area contributed by atoms with Crippen LogP contribution in [0.15, 0.2) is 36.8 Å². The maximum absolute atomic E-state index is 12.9. The molecule has 2 amide bonds. The van der Waals surface area contributed by atoms with E-state index in [4.69, 9.17) is 0 Å². The highest BCUT2D eigenvalue weighted by atomic mass is 16.2. The molecule has 0 saturated carbocycles. The number of pyridine rings is 1. The van der Waals surface area contributed by atoms with Crippen LogP contribution in [0.25, 0.3) is 0 Å². The summed E-state index contributed by atoms with van der Waals surface area (Å²) in [6.07, 6.45) is 5.20. The predicted octanol–water partition coefficient (Wildman–Crippen LogP) is 0.503. The summed E-state index contributed by atoms with van der Waals surface area (Å²) in [6.45, 7) is 7.05. The molecule has 0 unspecified atom stereocenters. The van der Waals surface area contributed by atoms with E-state index in [1.165, 1.54) is 0 Å². The summed E-state index contributed by atoms with van der Waals surface area (Å²) in [6, 6.07) is 5.44. The van der Waals surface area contributed by atoms with Crippen LogP contribution in [-0.2, 0) is 4.79 Å². The average molecular weight is 395 g/mol. The highest BCUT2D eigenvalue weighted by Gasteiger charge is 2.25. The molecule has 2 aliphatic rings. The summed E-state index contributed by atoms with van der Waals surface area (Å²) >= 11 is 0. The van der Waals surface area contributed by atoms with Crippen LogP contribution in [0.1, 0.15) is 17.3 Å². The lowest BCUT2D eigenvalue weighted by atomic mass is 10.2. The van der Waals surface area contributed by atoms with Crippen molar-refractivity contribution in [1.82, 2.24) is 24.8 Å². The molecule has 2 aromatic heterocycles. The standard InChI is InChI=1S/C20H25N7O2/c1-16(28)24-7-11-26(12-8-24)19(29)17-3-6-21-18(15-17)25-9-13-27(14-10-25)20-22-4-2-5-23-20/h2-6,15H,7-14H2,1H3. The summed E-state index contributed by atoms with van der Waals surface area (Å²) in [5, 5.41) is 0. The second-order valence-corrected chi connectivity index (χ2v) is 7.22. The van der Waals surface area contributed by atoms with Crippen molar-refractivity contribution in [3.8, 4) is 0 Å². The number of piperazine rings is 2. The van der Waals surface area contributed by atoms with Gasteiger partial charge in [0.1, 0.15) is 5.82 Å². The third kappa shape index (κ3) is 4.28. The van der Waals surface area contributed by atoms with Crippen molar-refractivity contribution in [2.75, 3.05) is 62.2 Å². The second kappa shape index (κ2) is 8.42. The molecule has 0 N–H and O–H groups in total. The van der Waals surface area contributed by atoms with Crippen LogP contribution in [0.2, 0.25) is 0 Å². The van der Waals surface area contributed by atoms with Gasteiger partial charge in [0.25, 0.3) is 5.91 Å². The quantitative estimate of drug-likeness (QED) is 0.748. The van der Waals surface area contributed by atoms with Gasteiger partial charge in [0.05, 0.1) is 0 Å². The molecule has 0 bridgehead atoms. The van der Waals surface area contributed by atoms with Crippen LogP contribution in [0.4, 0.5) is 11.8 Å². The zero-order chi connectivity index (χ0) is 20.2. The molecule has 9 heteroatoms. The fourth-order valence-electron chi connectivity index (χ4n) is 3.72. The Balaban J connectivity index is 1.38. The van der Waals surface area contributed by atoms with Crippen LogP contribution in [0.3, 0.4) is 0 Å². The van der Waals surface area contributed by atoms with E-state index in [0.717, 1.165) is 37.9 Å². The summed E-state index contributed by atoms with van der Waals surface area (Å²) in [4.78, 5) is 45.4. The molecule has 9 nitrogen and oxygen atoms in total. The molecule has 2 aliphatic heterocycles. The highest BCUT2D eigenvalue weighted by Crippen LogP contribution is 2.18. The first kappa shape index (κ1) is 19.1. The van der Waals surface area contributed by atoms with Crippen molar-refractivity contribution in [2.24, 2.45) is 0 Å². The number of aromatic nitrogens is 3. The lowest BCUT2D eigenvalue weighted by Crippen LogP contribution is -2.50. The van der Waals surface area contributed by atoms with E-state index in [1.54, 1.807) is 36.5 Å². The summed E-state index contributed by atoms with van der Waals surface area (Å²) in [5.74, 6) is 1.61. The number of hydrogen-bond acceptors (Lipinski definition) is 7. The monoisotopic (exact) mass is 395 g/mol. The van der Waals surface area contributed by atoms with Crippen LogP contribution < -0.4 is 9.80 Å². The Morgan fingerprint density at radius 2 is 1.41 bits per heavy atom. The van der Waals surface area contributed by atoms with E-state index >= 15 is 0 Å². The van der Waals surface area contributed by atoms with Crippen LogP contribution >= 0.6 is 0 Å². The number of carbonyl (C=O) groups is 2. The van der Waals surface area contributed by atoms with Crippen molar-refractivity contribution in [3.05, 3.63) is 42.4 Å². The summed E-state index contributed by atoms with van der Waals surface area (Å²) in [5.41, 5.74) is 0.639. The second-order valence-electron chi connectivity index (χ2n) is 7.22. The maximum atomic E-state index is 12.9. The van der Waals surface area contributed by atoms with Gasteiger partial charge in [0.2, 0.25) is 11.9 Å². The summed E-state index contributed by atoms with van der Waals surface area (Å²) in [7, 11) is 0. The lowest BCUT2D eigenvalue weighted by Gasteiger charge is -2.36. The van der Waals surface area contributed by atoms with Gasteiger partial charge in [0, 0.05) is 83.4 Å². The Kier molecular flexibility index (Phi) is 5.55. The zero-order valence-corrected chi connectivity index (χ0v) is 16.6. The van der Waals surface area contributed by atoms with Gasteiger partial charge in [-0.25, -0.2) is 15.0 Å². The zero-order valence-electron chi connectivity index (χ0n) is 16.6. The van der Waals surface area contributed by atoms with E-state index in [2.05, 4.69) is 24.8 Å². The van der Waals surface area contributed by atoms with E-state index in [-0.39, 0.29) is 11.8 Å². The van der Waals surface area contributed by atoms with Crippen molar-refractivity contribution < 1.29 is 9.59 Å². The molecule has 2 saturated heterocycles. The van der Waals surface area contributed by atoms with E-state index in [9.17, 15) is 9.59 Å². The van der Waals surface area contributed by atoms with Gasteiger partial charge in [-0.1, -0.05) is 0 Å². The Morgan fingerprint density at radius 1 is 0.793 bits per heavy atom. The molecule has 0 radical (unpaired) electrons. The van der Waals surface area contributed by atoms with Gasteiger partial charge in [-0.3, -0.25) is 9.59 Å². The van der Waals surface area contributed by atoms with Crippen LogP contribution in [0, 0.1) is 0 Å². The first-order valence-corrected chi connectivity index (χ1v) is 9.89. The normalized spacial score (nSPS) is 17.4. The Morgan fingerprint density at radius 3 is 2.07 bits per heavy atom. The van der Waals surface area contributed by atoms with Gasteiger partial charge in [0.15, 0.2) is 0 Å². The molecule has 4 heterocycles. The highest BCUT2D eigenvalue weighted by molar-refractivity contribution is 5.95. The third-order valence-corrected chi connectivity index (χ3v) is 5.44. The number of carbonyl (C=O) groups excluding carboxylic acids is 2. The molecule has 0 aliphatic carbocycles. The minimum absolute atomic E-state index is 0.00632. The first-order valence-electron chi connectivity index (χ1n) is 9.89. The first-order chi connectivity index (χ1) is 14.1. The molecule has 0 aromatic carbocycles. The van der Waals surface area contributed by atoms with Gasteiger partial charge in [-0.15, -0.1) is 0 Å². The van der Waals surface area contributed by atoms with Crippen molar-refractivity contribution in [2.45, 2.75) is 6.92 Å². The molecule has 0 atom stereocenters. The Labute approximate surface area is 170 Å². The molecule has 0 spiro atoms. The number of amides is 2.